The molecule has 3 heteroatoms. The molecule has 0 aromatic rings. The molecule has 0 spiro atoms. The van der Waals surface area contributed by atoms with E-state index < -0.39 is 0 Å². The van der Waals surface area contributed by atoms with Gasteiger partial charge in [0.05, 0.1) is 5.54 Å². The van der Waals surface area contributed by atoms with E-state index in [1.54, 1.807) is 0 Å². The molecular formula is C15H28N2O. The molecule has 0 aromatic heterocycles. The van der Waals surface area contributed by atoms with Crippen LogP contribution in [0.2, 0.25) is 0 Å². The van der Waals surface area contributed by atoms with Crippen molar-refractivity contribution in [2.75, 3.05) is 6.54 Å². The fourth-order valence-electron chi connectivity index (χ4n) is 3.14. The molecule has 104 valence electrons. The summed E-state index contributed by atoms with van der Waals surface area (Å²) in [4.78, 5) is 12.4. The van der Waals surface area contributed by atoms with Crippen molar-refractivity contribution in [3.63, 3.8) is 0 Å². The van der Waals surface area contributed by atoms with Crippen LogP contribution in [0.3, 0.4) is 0 Å². The second-order valence-electron chi connectivity index (χ2n) is 6.43. The summed E-state index contributed by atoms with van der Waals surface area (Å²) in [6.07, 6.45) is 10.9. The minimum atomic E-state index is -0.153. The van der Waals surface area contributed by atoms with Crippen molar-refractivity contribution in [1.82, 2.24) is 5.32 Å². The number of nitrogens with one attached hydrogen (secondary N) is 1. The monoisotopic (exact) mass is 252 g/mol. The van der Waals surface area contributed by atoms with Gasteiger partial charge >= 0.3 is 0 Å². The van der Waals surface area contributed by atoms with E-state index in [0.29, 0.717) is 12.5 Å². The van der Waals surface area contributed by atoms with Gasteiger partial charge in [-0.05, 0) is 38.5 Å². The second-order valence-corrected chi connectivity index (χ2v) is 6.43. The zero-order valence-electron chi connectivity index (χ0n) is 11.7. The number of nitrogens with two attached hydrogens (primary N) is 1. The van der Waals surface area contributed by atoms with Gasteiger partial charge in [-0.2, -0.15) is 0 Å². The lowest BCUT2D eigenvalue weighted by Crippen LogP contribution is -2.54. The molecule has 2 aliphatic carbocycles. The quantitative estimate of drug-likeness (QED) is 0.808. The van der Waals surface area contributed by atoms with Crippen LogP contribution in [-0.2, 0) is 4.79 Å². The third kappa shape index (κ3) is 3.47. The van der Waals surface area contributed by atoms with E-state index in [1.165, 1.54) is 44.9 Å². The largest absolute Gasteiger partial charge is 0.349 e. The van der Waals surface area contributed by atoms with E-state index in [0.717, 1.165) is 12.8 Å². The van der Waals surface area contributed by atoms with Crippen LogP contribution in [-0.4, -0.2) is 18.0 Å². The Morgan fingerprint density at radius 2 is 1.67 bits per heavy atom. The van der Waals surface area contributed by atoms with Crippen LogP contribution in [0.4, 0.5) is 0 Å². The molecule has 0 saturated heterocycles. The molecule has 1 atom stereocenters. The molecule has 0 bridgehead atoms. The highest BCUT2D eigenvalue weighted by molar-refractivity contribution is 5.79. The Hall–Kier alpha value is -0.570. The van der Waals surface area contributed by atoms with E-state index in [1.807, 2.05) is 0 Å². The molecule has 0 aliphatic heterocycles. The van der Waals surface area contributed by atoms with Crippen molar-refractivity contribution >= 4 is 5.91 Å². The molecule has 1 amide bonds. The normalized spacial score (nSPS) is 25.9. The Labute approximate surface area is 111 Å². The van der Waals surface area contributed by atoms with E-state index in [9.17, 15) is 4.79 Å². The van der Waals surface area contributed by atoms with Crippen LogP contribution in [0.25, 0.3) is 0 Å². The highest BCUT2D eigenvalue weighted by atomic mass is 16.2. The first-order valence-electron chi connectivity index (χ1n) is 7.68. The molecule has 2 aliphatic rings. The number of hydrogen-bond donors (Lipinski definition) is 2. The molecule has 2 rings (SSSR count). The van der Waals surface area contributed by atoms with Gasteiger partial charge in [0.25, 0.3) is 0 Å². The Bertz CT molecular complexity index is 280. The Kier molecular flexibility index (Phi) is 4.66. The number of carbonyl (C=O) groups is 1. The van der Waals surface area contributed by atoms with Crippen LogP contribution in [0.5, 0.6) is 0 Å². The van der Waals surface area contributed by atoms with Gasteiger partial charge < -0.3 is 11.1 Å². The maximum absolute atomic E-state index is 12.4. The lowest BCUT2D eigenvalue weighted by Gasteiger charge is -2.32. The number of rotatable bonds is 4. The van der Waals surface area contributed by atoms with Crippen molar-refractivity contribution in [3.8, 4) is 0 Å². The highest BCUT2D eigenvalue weighted by Crippen LogP contribution is 2.39. The zero-order chi connectivity index (χ0) is 13.0. The summed E-state index contributed by atoms with van der Waals surface area (Å²) in [6.45, 7) is 2.68. The summed E-state index contributed by atoms with van der Waals surface area (Å²) in [5.41, 5.74) is 5.71. The van der Waals surface area contributed by atoms with Gasteiger partial charge in [-0.15, -0.1) is 0 Å². The minimum absolute atomic E-state index is 0.153. The van der Waals surface area contributed by atoms with Gasteiger partial charge in [0, 0.05) is 12.5 Å². The zero-order valence-corrected chi connectivity index (χ0v) is 11.7. The predicted molar refractivity (Wildman–Crippen MR) is 74.1 cm³/mol. The van der Waals surface area contributed by atoms with Crippen molar-refractivity contribution < 1.29 is 4.79 Å². The van der Waals surface area contributed by atoms with Crippen LogP contribution >= 0.6 is 0 Å². The molecule has 2 fully saturated rings. The summed E-state index contributed by atoms with van der Waals surface area (Å²) in [7, 11) is 0. The first-order valence-corrected chi connectivity index (χ1v) is 7.68. The fraction of sp³-hybridized carbons (Fsp3) is 0.933. The van der Waals surface area contributed by atoms with Crippen molar-refractivity contribution in [2.45, 2.75) is 70.3 Å². The van der Waals surface area contributed by atoms with Crippen LogP contribution < -0.4 is 11.1 Å². The van der Waals surface area contributed by atoms with Crippen LogP contribution in [0.1, 0.15) is 64.7 Å². The Morgan fingerprint density at radius 1 is 1.11 bits per heavy atom. The third-order valence-corrected chi connectivity index (χ3v) is 4.79. The minimum Gasteiger partial charge on any atom is -0.349 e. The number of amides is 1. The van der Waals surface area contributed by atoms with Crippen molar-refractivity contribution in [2.24, 2.45) is 17.6 Å². The molecule has 2 saturated carbocycles. The van der Waals surface area contributed by atoms with Gasteiger partial charge in [-0.1, -0.05) is 32.1 Å². The molecule has 0 radical (unpaired) electrons. The lowest BCUT2D eigenvalue weighted by molar-refractivity contribution is -0.127. The van der Waals surface area contributed by atoms with Gasteiger partial charge in [0.1, 0.15) is 0 Å². The van der Waals surface area contributed by atoms with Gasteiger partial charge in [-0.25, -0.2) is 0 Å². The summed E-state index contributed by atoms with van der Waals surface area (Å²) in [6, 6.07) is 0. The van der Waals surface area contributed by atoms with Crippen molar-refractivity contribution in [3.05, 3.63) is 0 Å². The smallest absolute Gasteiger partial charge is 0.223 e. The first-order chi connectivity index (χ1) is 8.65. The van der Waals surface area contributed by atoms with E-state index in [-0.39, 0.29) is 17.4 Å². The topological polar surface area (TPSA) is 55.1 Å². The summed E-state index contributed by atoms with van der Waals surface area (Å²) in [5, 5.41) is 3.26. The summed E-state index contributed by atoms with van der Waals surface area (Å²) < 4.78 is 0. The summed E-state index contributed by atoms with van der Waals surface area (Å²) >= 11 is 0. The fourth-order valence-corrected chi connectivity index (χ4v) is 3.14. The SMILES string of the molecule is CC(CN)(NC(=O)C1CCCCCCC1)C1CC1. The van der Waals surface area contributed by atoms with Gasteiger partial charge in [0.2, 0.25) is 5.91 Å². The van der Waals surface area contributed by atoms with E-state index in [4.69, 9.17) is 5.73 Å². The molecular weight excluding hydrogens is 224 g/mol. The molecule has 3 N–H and O–H groups in total. The van der Waals surface area contributed by atoms with Gasteiger partial charge in [0.15, 0.2) is 0 Å². The first kappa shape index (κ1) is 13.9. The summed E-state index contributed by atoms with van der Waals surface area (Å²) in [5.74, 6) is 1.10. The number of hydrogen-bond acceptors (Lipinski definition) is 2. The van der Waals surface area contributed by atoms with Crippen molar-refractivity contribution in [1.29, 1.82) is 0 Å². The highest BCUT2D eigenvalue weighted by Gasteiger charge is 2.42. The Morgan fingerprint density at radius 3 is 2.17 bits per heavy atom. The third-order valence-electron chi connectivity index (χ3n) is 4.79. The molecule has 0 heterocycles. The molecule has 1 unspecified atom stereocenters. The van der Waals surface area contributed by atoms with Gasteiger partial charge in [-0.3, -0.25) is 4.79 Å². The molecule has 0 aromatic carbocycles. The lowest BCUT2D eigenvalue weighted by atomic mass is 9.88. The van der Waals surface area contributed by atoms with Crippen LogP contribution in [0, 0.1) is 11.8 Å². The standard InChI is InChI=1S/C15H28N2O/c1-15(11-16,13-9-10-13)17-14(18)12-7-5-3-2-4-6-8-12/h12-13H,2-11,16H2,1H3,(H,17,18). The molecule has 18 heavy (non-hydrogen) atoms. The number of carbonyl (C=O) groups excluding carboxylic acids is 1. The molecule has 3 nitrogen and oxygen atoms in total. The maximum atomic E-state index is 12.4. The maximum Gasteiger partial charge on any atom is 0.223 e. The van der Waals surface area contributed by atoms with E-state index >= 15 is 0 Å². The average Bonchev–Trinajstić information content (AvgIpc) is 3.12. The van der Waals surface area contributed by atoms with E-state index in [2.05, 4.69) is 12.2 Å². The second kappa shape index (κ2) is 6.05. The Balaban J connectivity index is 1.88. The predicted octanol–water partition coefficient (Wildman–Crippen LogP) is 2.59. The van der Waals surface area contributed by atoms with Crippen LogP contribution in [0.15, 0.2) is 0 Å². The average molecular weight is 252 g/mol.